The van der Waals surface area contributed by atoms with E-state index < -0.39 is 11.8 Å². The molecule has 0 N–H and O–H groups in total. The van der Waals surface area contributed by atoms with E-state index in [1.54, 1.807) is 13.8 Å². The van der Waals surface area contributed by atoms with E-state index >= 15 is 0 Å². The van der Waals surface area contributed by atoms with Gasteiger partial charge < -0.3 is 14.2 Å². The SMILES string of the molecule is CO/C=C1\C(=O)OC(C)(C)OC1=C(C)C. The molecule has 0 saturated carbocycles. The number of rotatable bonds is 1. The average Bonchev–Trinajstić information content (AvgIpc) is 2.08. The van der Waals surface area contributed by atoms with E-state index in [1.807, 2.05) is 13.8 Å². The fourth-order valence-electron chi connectivity index (χ4n) is 1.28. The Balaban J connectivity index is 3.14. The van der Waals surface area contributed by atoms with Gasteiger partial charge in [-0.1, -0.05) is 0 Å². The second kappa shape index (κ2) is 3.96. The Morgan fingerprint density at radius 2 is 1.93 bits per heavy atom. The first-order valence-corrected chi connectivity index (χ1v) is 4.70. The Morgan fingerprint density at radius 1 is 1.33 bits per heavy atom. The van der Waals surface area contributed by atoms with Gasteiger partial charge in [0.05, 0.1) is 7.11 Å². The largest absolute Gasteiger partial charge is 0.503 e. The van der Waals surface area contributed by atoms with Gasteiger partial charge >= 0.3 is 5.97 Å². The maximum Gasteiger partial charge on any atom is 0.348 e. The molecule has 15 heavy (non-hydrogen) atoms. The quantitative estimate of drug-likeness (QED) is 0.379. The summed E-state index contributed by atoms with van der Waals surface area (Å²) >= 11 is 0. The lowest BCUT2D eigenvalue weighted by atomic mass is 10.1. The summed E-state index contributed by atoms with van der Waals surface area (Å²) in [6.07, 6.45) is 1.33. The number of allylic oxidation sites excluding steroid dienone is 1. The smallest absolute Gasteiger partial charge is 0.348 e. The van der Waals surface area contributed by atoms with Crippen LogP contribution in [0, 0.1) is 0 Å². The molecule has 0 unspecified atom stereocenters. The summed E-state index contributed by atoms with van der Waals surface area (Å²) in [5, 5.41) is 0. The molecule has 0 bridgehead atoms. The van der Waals surface area contributed by atoms with Crippen molar-refractivity contribution >= 4 is 5.97 Å². The molecule has 0 aromatic carbocycles. The minimum atomic E-state index is -0.922. The van der Waals surface area contributed by atoms with Crippen LogP contribution in [0.25, 0.3) is 0 Å². The predicted molar refractivity (Wildman–Crippen MR) is 54.7 cm³/mol. The summed E-state index contributed by atoms with van der Waals surface area (Å²) in [4.78, 5) is 11.6. The minimum Gasteiger partial charge on any atom is -0.503 e. The highest BCUT2D eigenvalue weighted by Gasteiger charge is 2.37. The Labute approximate surface area is 89.5 Å². The lowest BCUT2D eigenvalue weighted by Gasteiger charge is -2.33. The number of hydrogen-bond donors (Lipinski definition) is 0. The van der Waals surface area contributed by atoms with Crippen molar-refractivity contribution < 1.29 is 19.0 Å². The first-order chi connectivity index (χ1) is 6.87. The zero-order valence-corrected chi connectivity index (χ0v) is 9.71. The molecule has 1 saturated heterocycles. The first-order valence-electron chi connectivity index (χ1n) is 4.70. The predicted octanol–water partition coefficient (Wildman–Crippen LogP) is 2.12. The molecule has 0 spiro atoms. The molecule has 0 aromatic rings. The van der Waals surface area contributed by atoms with Crippen molar-refractivity contribution in [2.45, 2.75) is 33.5 Å². The maximum atomic E-state index is 11.6. The number of carbonyl (C=O) groups excluding carboxylic acids is 1. The Morgan fingerprint density at radius 3 is 2.40 bits per heavy atom. The lowest BCUT2D eigenvalue weighted by molar-refractivity contribution is -0.208. The summed E-state index contributed by atoms with van der Waals surface area (Å²) in [5.41, 5.74) is 1.22. The normalized spacial score (nSPS) is 22.1. The zero-order chi connectivity index (χ0) is 11.6. The molecule has 0 aromatic heterocycles. The van der Waals surface area contributed by atoms with E-state index in [0.717, 1.165) is 5.57 Å². The van der Waals surface area contributed by atoms with Crippen LogP contribution in [0.1, 0.15) is 27.7 Å². The first kappa shape index (κ1) is 11.6. The Bertz CT molecular complexity index is 332. The van der Waals surface area contributed by atoms with Crippen LogP contribution in [0.3, 0.4) is 0 Å². The molecule has 1 aliphatic rings. The van der Waals surface area contributed by atoms with Crippen LogP contribution >= 0.6 is 0 Å². The number of cyclic esters (lactones) is 1. The molecule has 0 aliphatic carbocycles. The van der Waals surface area contributed by atoms with Crippen LogP contribution in [-0.2, 0) is 19.0 Å². The number of methoxy groups -OCH3 is 1. The van der Waals surface area contributed by atoms with Gasteiger partial charge in [-0.2, -0.15) is 0 Å². The lowest BCUT2D eigenvalue weighted by Crippen LogP contribution is -2.38. The van der Waals surface area contributed by atoms with Crippen molar-refractivity contribution in [2.24, 2.45) is 0 Å². The van der Waals surface area contributed by atoms with Gasteiger partial charge in [0, 0.05) is 13.8 Å². The highest BCUT2D eigenvalue weighted by atomic mass is 16.7. The number of hydrogen-bond acceptors (Lipinski definition) is 4. The van der Waals surface area contributed by atoms with Gasteiger partial charge in [0.25, 0.3) is 0 Å². The van der Waals surface area contributed by atoms with E-state index in [4.69, 9.17) is 14.2 Å². The number of esters is 1. The number of ether oxygens (including phenoxy) is 3. The van der Waals surface area contributed by atoms with E-state index in [9.17, 15) is 4.79 Å². The van der Waals surface area contributed by atoms with Gasteiger partial charge in [-0.05, 0) is 19.4 Å². The highest BCUT2D eigenvalue weighted by molar-refractivity contribution is 5.93. The molecule has 0 amide bonds. The third-order valence-corrected chi connectivity index (χ3v) is 1.84. The van der Waals surface area contributed by atoms with Gasteiger partial charge in [0.1, 0.15) is 17.6 Å². The van der Waals surface area contributed by atoms with Gasteiger partial charge in [0.15, 0.2) is 0 Å². The van der Waals surface area contributed by atoms with Gasteiger partial charge in [-0.3, -0.25) is 0 Å². The van der Waals surface area contributed by atoms with Gasteiger partial charge in [-0.15, -0.1) is 0 Å². The fourth-order valence-corrected chi connectivity index (χ4v) is 1.28. The molecule has 4 nitrogen and oxygen atoms in total. The van der Waals surface area contributed by atoms with E-state index in [2.05, 4.69) is 0 Å². The Kier molecular flexibility index (Phi) is 3.07. The third-order valence-electron chi connectivity index (χ3n) is 1.84. The van der Waals surface area contributed by atoms with E-state index in [-0.39, 0.29) is 0 Å². The van der Waals surface area contributed by atoms with Crippen LogP contribution in [0.5, 0.6) is 0 Å². The van der Waals surface area contributed by atoms with Crippen LogP contribution in [0.4, 0.5) is 0 Å². The summed E-state index contributed by atoms with van der Waals surface area (Å²) in [5.74, 6) is -0.822. The minimum absolute atomic E-state index is 0.317. The monoisotopic (exact) mass is 212 g/mol. The van der Waals surface area contributed by atoms with E-state index in [0.29, 0.717) is 11.3 Å². The van der Waals surface area contributed by atoms with Crippen LogP contribution < -0.4 is 0 Å². The van der Waals surface area contributed by atoms with Gasteiger partial charge in [-0.25, -0.2) is 4.79 Å². The molecule has 84 valence electrons. The second-order valence-electron chi connectivity index (χ2n) is 3.99. The highest BCUT2D eigenvalue weighted by Crippen LogP contribution is 2.31. The molecule has 1 rings (SSSR count). The van der Waals surface area contributed by atoms with Crippen LogP contribution in [-0.4, -0.2) is 18.9 Å². The molecule has 0 atom stereocenters. The van der Waals surface area contributed by atoms with Crippen molar-refractivity contribution in [3.05, 3.63) is 23.2 Å². The van der Waals surface area contributed by atoms with Gasteiger partial charge in [0.2, 0.25) is 5.79 Å². The fraction of sp³-hybridized carbons (Fsp3) is 0.545. The molecule has 0 radical (unpaired) electrons. The molecule has 1 aliphatic heterocycles. The summed E-state index contributed by atoms with van der Waals surface area (Å²) in [6.45, 7) is 7.12. The maximum absolute atomic E-state index is 11.6. The second-order valence-corrected chi connectivity index (χ2v) is 3.99. The van der Waals surface area contributed by atoms with Crippen molar-refractivity contribution in [3.8, 4) is 0 Å². The van der Waals surface area contributed by atoms with Crippen molar-refractivity contribution in [1.29, 1.82) is 0 Å². The molecular formula is C11H16O4. The Hall–Kier alpha value is -1.45. The summed E-state index contributed by atoms with van der Waals surface area (Å²) in [7, 11) is 1.47. The van der Waals surface area contributed by atoms with E-state index in [1.165, 1.54) is 13.4 Å². The molecular weight excluding hydrogens is 196 g/mol. The van der Waals surface area contributed by atoms with Crippen LogP contribution in [0.15, 0.2) is 23.2 Å². The number of carbonyl (C=O) groups is 1. The molecule has 1 fully saturated rings. The van der Waals surface area contributed by atoms with Crippen molar-refractivity contribution in [1.82, 2.24) is 0 Å². The topological polar surface area (TPSA) is 44.8 Å². The van der Waals surface area contributed by atoms with Crippen molar-refractivity contribution in [3.63, 3.8) is 0 Å². The van der Waals surface area contributed by atoms with Crippen molar-refractivity contribution in [2.75, 3.05) is 7.11 Å². The summed E-state index contributed by atoms with van der Waals surface area (Å²) in [6, 6.07) is 0. The standard InChI is InChI=1S/C11H16O4/c1-7(2)9-8(6-13-5)10(12)15-11(3,4)14-9/h6H,1-5H3/b8-6-. The molecule has 1 heterocycles. The molecule has 4 heteroatoms. The average molecular weight is 212 g/mol. The summed E-state index contributed by atoms with van der Waals surface area (Å²) < 4.78 is 15.5. The van der Waals surface area contributed by atoms with Crippen LogP contribution in [0.2, 0.25) is 0 Å². The third kappa shape index (κ3) is 2.52. The zero-order valence-electron chi connectivity index (χ0n) is 9.71.